The number of hydrogen-bond acceptors (Lipinski definition) is 3. The molecule has 2 atom stereocenters. The first-order valence-corrected chi connectivity index (χ1v) is 6.25. The van der Waals surface area contributed by atoms with E-state index in [4.69, 9.17) is 5.26 Å². The number of amides is 1. The van der Waals surface area contributed by atoms with E-state index in [2.05, 4.69) is 16.5 Å². The molecule has 1 aromatic heterocycles. The Morgan fingerprint density at radius 3 is 2.78 bits per heavy atom. The van der Waals surface area contributed by atoms with E-state index in [1.54, 1.807) is 4.68 Å². The number of carbonyl (C=O) groups is 1. The Labute approximate surface area is 107 Å². The maximum atomic E-state index is 12.2. The first kappa shape index (κ1) is 12.6. The summed E-state index contributed by atoms with van der Waals surface area (Å²) in [7, 11) is 1.83. The average Bonchev–Trinajstić information content (AvgIpc) is 2.85. The Kier molecular flexibility index (Phi) is 3.37. The molecule has 1 amide bonds. The molecule has 0 bridgehead atoms. The highest BCUT2D eigenvalue weighted by molar-refractivity contribution is 5.96. The van der Waals surface area contributed by atoms with Crippen molar-refractivity contribution in [1.82, 2.24) is 15.1 Å². The van der Waals surface area contributed by atoms with Crippen LogP contribution >= 0.6 is 0 Å². The number of nitrogens with zero attached hydrogens (tertiary/aromatic N) is 3. The van der Waals surface area contributed by atoms with Gasteiger partial charge >= 0.3 is 0 Å². The predicted molar refractivity (Wildman–Crippen MR) is 66.9 cm³/mol. The molecule has 0 aromatic carbocycles. The van der Waals surface area contributed by atoms with Crippen molar-refractivity contribution in [2.45, 2.75) is 39.2 Å². The molecule has 0 aliphatic heterocycles. The topological polar surface area (TPSA) is 70.7 Å². The largest absolute Gasteiger partial charge is 0.348 e. The summed E-state index contributed by atoms with van der Waals surface area (Å²) in [5.74, 6) is -0.156. The first-order valence-electron chi connectivity index (χ1n) is 6.25. The van der Waals surface area contributed by atoms with Crippen LogP contribution in [0, 0.1) is 31.1 Å². The zero-order valence-electron chi connectivity index (χ0n) is 11.0. The molecule has 18 heavy (non-hydrogen) atoms. The molecule has 1 aliphatic carbocycles. The van der Waals surface area contributed by atoms with E-state index in [0.29, 0.717) is 5.56 Å². The Morgan fingerprint density at radius 2 is 2.22 bits per heavy atom. The Bertz CT molecular complexity index is 512. The van der Waals surface area contributed by atoms with E-state index < -0.39 is 0 Å². The van der Waals surface area contributed by atoms with Crippen LogP contribution in [-0.4, -0.2) is 21.7 Å². The zero-order valence-corrected chi connectivity index (χ0v) is 11.0. The third kappa shape index (κ3) is 2.10. The number of nitrogens with one attached hydrogen (secondary N) is 1. The fourth-order valence-corrected chi connectivity index (χ4v) is 2.63. The normalized spacial score (nSPS) is 22.8. The van der Waals surface area contributed by atoms with Gasteiger partial charge in [0.15, 0.2) is 0 Å². The summed E-state index contributed by atoms with van der Waals surface area (Å²) in [6, 6.07) is 2.26. The summed E-state index contributed by atoms with van der Waals surface area (Å²) >= 11 is 0. The molecule has 1 aromatic rings. The van der Waals surface area contributed by atoms with Crippen LogP contribution in [0.2, 0.25) is 0 Å². The van der Waals surface area contributed by atoms with Crippen molar-refractivity contribution < 1.29 is 4.79 Å². The van der Waals surface area contributed by atoms with Crippen LogP contribution in [0.15, 0.2) is 0 Å². The molecule has 1 saturated carbocycles. The molecule has 96 valence electrons. The van der Waals surface area contributed by atoms with Gasteiger partial charge in [-0.2, -0.15) is 10.4 Å². The van der Waals surface area contributed by atoms with Crippen molar-refractivity contribution in [3.8, 4) is 6.07 Å². The van der Waals surface area contributed by atoms with Crippen LogP contribution in [0.1, 0.15) is 41.0 Å². The second-order valence-corrected chi connectivity index (χ2v) is 4.92. The lowest BCUT2D eigenvalue weighted by atomic mass is 10.0. The van der Waals surface area contributed by atoms with Crippen molar-refractivity contribution in [1.29, 1.82) is 5.26 Å². The first-order chi connectivity index (χ1) is 8.54. The summed E-state index contributed by atoms with van der Waals surface area (Å²) < 4.78 is 1.71. The average molecular weight is 246 g/mol. The molecule has 1 N–H and O–H groups in total. The van der Waals surface area contributed by atoms with Crippen molar-refractivity contribution in [2.75, 3.05) is 0 Å². The van der Waals surface area contributed by atoms with Gasteiger partial charge in [0.05, 0.1) is 23.2 Å². The van der Waals surface area contributed by atoms with E-state index >= 15 is 0 Å². The van der Waals surface area contributed by atoms with Gasteiger partial charge in [0.2, 0.25) is 0 Å². The molecular formula is C13H18N4O. The van der Waals surface area contributed by atoms with Crippen LogP contribution < -0.4 is 5.32 Å². The minimum absolute atomic E-state index is 0.0125. The second-order valence-electron chi connectivity index (χ2n) is 4.92. The molecule has 1 aliphatic rings. The second kappa shape index (κ2) is 4.81. The van der Waals surface area contributed by atoms with Gasteiger partial charge in [-0.15, -0.1) is 0 Å². The molecule has 2 rings (SSSR count). The molecule has 1 heterocycles. The van der Waals surface area contributed by atoms with E-state index in [1.165, 1.54) is 0 Å². The molecule has 2 unspecified atom stereocenters. The van der Waals surface area contributed by atoms with Gasteiger partial charge < -0.3 is 5.32 Å². The van der Waals surface area contributed by atoms with E-state index in [9.17, 15) is 4.79 Å². The van der Waals surface area contributed by atoms with Gasteiger partial charge in [-0.1, -0.05) is 0 Å². The van der Waals surface area contributed by atoms with Gasteiger partial charge in [0, 0.05) is 18.8 Å². The minimum Gasteiger partial charge on any atom is -0.348 e. The molecule has 0 spiro atoms. The Morgan fingerprint density at radius 1 is 1.50 bits per heavy atom. The quantitative estimate of drug-likeness (QED) is 0.858. The third-order valence-corrected chi connectivity index (χ3v) is 3.73. The van der Waals surface area contributed by atoms with Gasteiger partial charge in [-0.05, 0) is 33.1 Å². The molecule has 0 saturated heterocycles. The van der Waals surface area contributed by atoms with Crippen LogP contribution in [0.3, 0.4) is 0 Å². The fourth-order valence-electron chi connectivity index (χ4n) is 2.63. The SMILES string of the molecule is Cc1nn(C)c(C)c1C(=O)NC1CCCC1C#N. The summed E-state index contributed by atoms with van der Waals surface area (Å²) in [5.41, 5.74) is 2.23. The van der Waals surface area contributed by atoms with E-state index in [-0.39, 0.29) is 17.9 Å². The highest BCUT2D eigenvalue weighted by atomic mass is 16.1. The lowest BCUT2D eigenvalue weighted by Crippen LogP contribution is -2.37. The van der Waals surface area contributed by atoms with Gasteiger partial charge in [0.1, 0.15) is 0 Å². The maximum Gasteiger partial charge on any atom is 0.255 e. The number of rotatable bonds is 2. The Balaban J connectivity index is 2.15. The van der Waals surface area contributed by atoms with Crippen LogP contribution in [0.25, 0.3) is 0 Å². The van der Waals surface area contributed by atoms with E-state index in [1.807, 2.05) is 20.9 Å². The lowest BCUT2D eigenvalue weighted by Gasteiger charge is -2.15. The standard InChI is InChI=1S/C13H18N4O/c1-8-12(9(2)17(3)16-8)13(18)15-11-6-4-5-10(11)7-14/h10-11H,4-6H2,1-3H3,(H,15,18). The van der Waals surface area contributed by atoms with E-state index in [0.717, 1.165) is 30.7 Å². The monoisotopic (exact) mass is 246 g/mol. The van der Waals surface area contributed by atoms with Crippen LogP contribution in [0.4, 0.5) is 0 Å². The lowest BCUT2D eigenvalue weighted by molar-refractivity contribution is 0.0931. The predicted octanol–water partition coefficient (Wildman–Crippen LogP) is 1.46. The maximum absolute atomic E-state index is 12.2. The van der Waals surface area contributed by atoms with Gasteiger partial charge in [-0.25, -0.2) is 0 Å². The molecule has 5 nitrogen and oxygen atoms in total. The third-order valence-electron chi connectivity index (χ3n) is 3.73. The minimum atomic E-state index is -0.106. The van der Waals surface area contributed by atoms with Gasteiger partial charge in [-0.3, -0.25) is 9.48 Å². The Hall–Kier alpha value is -1.83. The number of aryl methyl sites for hydroxylation is 2. The van der Waals surface area contributed by atoms with Crippen molar-refractivity contribution in [2.24, 2.45) is 13.0 Å². The molecule has 0 radical (unpaired) electrons. The van der Waals surface area contributed by atoms with Crippen LogP contribution in [-0.2, 0) is 7.05 Å². The zero-order chi connectivity index (χ0) is 13.3. The smallest absolute Gasteiger partial charge is 0.255 e. The summed E-state index contributed by atoms with van der Waals surface area (Å²) in [4.78, 5) is 12.2. The summed E-state index contributed by atoms with van der Waals surface area (Å²) in [6.07, 6.45) is 2.78. The highest BCUT2D eigenvalue weighted by Gasteiger charge is 2.30. The molecule has 5 heteroatoms. The van der Waals surface area contributed by atoms with Crippen molar-refractivity contribution >= 4 is 5.91 Å². The van der Waals surface area contributed by atoms with Gasteiger partial charge in [0.25, 0.3) is 5.91 Å². The fraction of sp³-hybridized carbons (Fsp3) is 0.615. The summed E-state index contributed by atoms with van der Waals surface area (Å²) in [6.45, 7) is 3.71. The number of aromatic nitrogens is 2. The number of carbonyl (C=O) groups excluding carboxylic acids is 1. The van der Waals surface area contributed by atoms with Crippen molar-refractivity contribution in [3.05, 3.63) is 17.0 Å². The number of nitriles is 1. The van der Waals surface area contributed by atoms with Crippen LogP contribution in [0.5, 0.6) is 0 Å². The molecule has 1 fully saturated rings. The summed E-state index contributed by atoms with van der Waals surface area (Å²) in [5, 5.41) is 16.2. The molecular weight excluding hydrogens is 228 g/mol. The number of hydrogen-bond donors (Lipinski definition) is 1. The van der Waals surface area contributed by atoms with Crippen molar-refractivity contribution in [3.63, 3.8) is 0 Å². The highest BCUT2D eigenvalue weighted by Crippen LogP contribution is 2.25.